The molecule has 1 aromatic heterocycles. The van der Waals surface area contributed by atoms with Crippen molar-refractivity contribution in [1.29, 1.82) is 0 Å². The minimum atomic E-state index is -0.888. The Morgan fingerprint density at radius 2 is 1.81 bits per heavy atom. The van der Waals surface area contributed by atoms with Crippen LogP contribution in [0.15, 0.2) is 72.4 Å². The molecular weight excluding hydrogens is 456 g/mol. The third kappa shape index (κ3) is 4.96. The number of ether oxygens (including phenoxy) is 2. The molecule has 1 unspecified atom stereocenters. The number of carbonyl (C=O) groups excluding carboxylic acids is 2. The summed E-state index contributed by atoms with van der Waals surface area (Å²) in [5.74, 6) is -0.0241. The summed E-state index contributed by atoms with van der Waals surface area (Å²) in [6, 6.07) is 16.5. The van der Waals surface area contributed by atoms with Crippen LogP contribution in [0.5, 0.6) is 11.5 Å². The number of nitrogens with zero attached hydrogens (tertiary/aromatic N) is 2. The number of hydrogen-bond acceptors (Lipinski definition) is 6. The maximum absolute atomic E-state index is 13.3. The van der Waals surface area contributed by atoms with Crippen LogP contribution in [-0.4, -0.2) is 35.0 Å². The summed E-state index contributed by atoms with van der Waals surface area (Å²) in [6.45, 7) is 8.98. The summed E-state index contributed by atoms with van der Waals surface area (Å²) in [6.07, 6.45) is 1.60. The van der Waals surface area contributed by atoms with Crippen LogP contribution < -0.4 is 14.4 Å². The number of amides is 1. The van der Waals surface area contributed by atoms with Crippen LogP contribution in [-0.2, 0) is 9.59 Å². The van der Waals surface area contributed by atoms with Crippen LogP contribution in [0.3, 0.4) is 0 Å². The number of aliphatic hydroxyl groups is 1. The van der Waals surface area contributed by atoms with Crippen molar-refractivity contribution >= 4 is 23.1 Å². The van der Waals surface area contributed by atoms with E-state index in [4.69, 9.17) is 9.47 Å². The number of benzene rings is 2. The lowest BCUT2D eigenvalue weighted by molar-refractivity contribution is -0.132. The predicted molar refractivity (Wildman–Crippen MR) is 138 cm³/mol. The van der Waals surface area contributed by atoms with Gasteiger partial charge in [-0.2, -0.15) is 0 Å². The van der Waals surface area contributed by atoms with E-state index in [1.807, 2.05) is 13.8 Å². The van der Waals surface area contributed by atoms with Gasteiger partial charge in [0.2, 0.25) is 0 Å². The predicted octanol–water partition coefficient (Wildman–Crippen LogP) is 5.45. The van der Waals surface area contributed by atoms with Gasteiger partial charge in [0.05, 0.1) is 24.5 Å². The molecule has 1 aliphatic rings. The van der Waals surface area contributed by atoms with Gasteiger partial charge in [-0.15, -0.1) is 0 Å². The largest absolute Gasteiger partial charge is 0.507 e. The zero-order valence-corrected chi connectivity index (χ0v) is 20.9. The molecule has 2 aromatic carbocycles. The van der Waals surface area contributed by atoms with E-state index in [2.05, 4.69) is 18.8 Å². The smallest absolute Gasteiger partial charge is 0.300 e. The Morgan fingerprint density at radius 3 is 2.42 bits per heavy atom. The quantitative estimate of drug-likeness (QED) is 0.259. The molecule has 1 aliphatic heterocycles. The van der Waals surface area contributed by atoms with Crippen LogP contribution in [0.25, 0.3) is 5.76 Å². The van der Waals surface area contributed by atoms with Gasteiger partial charge in [-0.05, 0) is 79.9 Å². The summed E-state index contributed by atoms with van der Waals surface area (Å²) in [7, 11) is 0. The molecule has 0 bridgehead atoms. The van der Waals surface area contributed by atoms with Crippen molar-refractivity contribution in [3.8, 4) is 11.5 Å². The molecule has 7 heteroatoms. The Hall–Kier alpha value is -4.13. The van der Waals surface area contributed by atoms with Gasteiger partial charge in [0, 0.05) is 17.4 Å². The van der Waals surface area contributed by atoms with E-state index in [-0.39, 0.29) is 11.3 Å². The Balaban J connectivity index is 1.80. The Morgan fingerprint density at radius 1 is 1.06 bits per heavy atom. The summed E-state index contributed by atoms with van der Waals surface area (Å²) >= 11 is 0. The first-order valence-electron chi connectivity index (χ1n) is 12.0. The van der Waals surface area contributed by atoms with E-state index < -0.39 is 17.7 Å². The van der Waals surface area contributed by atoms with E-state index >= 15 is 0 Å². The SMILES string of the molecule is CCOc1ccc(N2C(=O)C(=O)/C(=C(\O)c3ccc(OCC(C)C)c(C)c3)C2c2ccccn2)cc1. The van der Waals surface area contributed by atoms with E-state index in [1.54, 1.807) is 66.9 Å². The van der Waals surface area contributed by atoms with Crippen LogP contribution in [0.4, 0.5) is 5.69 Å². The summed E-state index contributed by atoms with van der Waals surface area (Å²) < 4.78 is 11.4. The summed E-state index contributed by atoms with van der Waals surface area (Å²) in [5, 5.41) is 11.3. The molecule has 2 heterocycles. The maximum atomic E-state index is 13.3. The molecule has 0 aliphatic carbocycles. The van der Waals surface area contributed by atoms with E-state index in [9.17, 15) is 14.7 Å². The second kappa shape index (κ2) is 10.6. The number of ketones is 1. The molecule has 36 heavy (non-hydrogen) atoms. The number of Topliss-reactive ketones (excluding diaryl/α,β-unsaturated/α-hetero) is 1. The zero-order valence-electron chi connectivity index (χ0n) is 20.9. The van der Waals surface area contributed by atoms with Crippen molar-refractivity contribution in [2.45, 2.75) is 33.7 Å². The molecule has 1 fully saturated rings. The number of aliphatic hydroxyl groups excluding tert-OH is 1. The number of anilines is 1. The molecule has 186 valence electrons. The third-order valence-corrected chi connectivity index (χ3v) is 5.86. The fourth-order valence-corrected chi connectivity index (χ4v) is 4.16. The van der Waals surface area contributed by atoms with Crippen molar-refractivity contribution in [3.05, 3.63) is 89.3 Å². The van der Waals surface area contributed by atoms with Crippen LogP contribution in [0.2, 0.25) is 0 Å². The second-order valence-corrected chi connectivity index (χ2v) is 9.04. The number of hydrogen-bond donors (Lipinski definition) is 1. The first kappa shape index (κ1) is 25.0. The highest BCUT2D eigenvalue weighted by molar-refractivity contribution is 6.51. The van der Waals surface area contributed by atoms with E-state index in [0.29, 0.717) is 47.6 Å². The van der Waals surface area contributed by atoms with Crippen LogP contribution >= 0.6 is 0 Å². The average molecular weight is 487 g/mol. The van der Waals surface area contributed by atoms with Gasteiger partial charge in [0.25, 0.3) is 11.7 Å². The second-order valence-electron chi connectivity index (χ2n) is 9.04. The standard InChI is InChI=1S/C29H30N2O5/c1-5-35-22-12-10-21(11-13-22)31-26(23-8-6-7-15-30-23)25(28(33)29(31)34)27(32)20-9-14-24(19(4)16-20)36-17-18(2)3/h6-16,18,26,32H,5,17H2,1-4H3/b27-25-. The van der Waals surface area contributed by atoms with E-state index in [1.165, 1.54) is 4.90 Å². The van der Waals surface area contributed by atoms with Gasteiger partial charge in [-0.1, -0.05) is 19.9 Å². The van der Waals surface area contributed by atoms with E-state index in [0.717, 1.165) is 5.56 Å². The third-order valence-electron chi connectivity index (χ3n) is 5.86. The van der Waals surface area contributed by atoms with Gasteiger partial charge in [0.1, 0.15) is 23.3 Å². The lowest BCUT2D eigenvalue weighted by Gasteiger charge is -2.24. The molecule has 3 aromatic rings. The lowest BCUT2D eigenvalue weighted by Crippen LogP contribution is -2.29. The molecule has 1 saturated heterocycles. The summed E-state index contributed by atoms with van der Waals surface area (Å²) in [5.41, 5.74) is 2.21. The molecule has 1 amide bonds. The first-order valence-corrected chi connectivity index (χ1v) is 12.0. The van der Waals surface area contributed by atoms with Gasteiger partial charge in [-0.25, -0.2) is 0 Å². The van der Waals surface area contributed by atoms with Gasteiger partial charge in [0.15, 0.2) is 0 Å². The molecule has 1 atom stereocenters. The van der Waals surface area contributed by atoms with Gasteiger partial charge >= 0.3 is 0 Å². The number of aryl methyl sites for hydroxylation is 1. The first-order chi connectivity index (χ1) is 17.3. The van der Waals surface area contributed by atoms with Crippen molar-refractivity contribution in [3.63, 3.8) is 0 Å². The molecule has 0 spiro atoms. The molecule has 0 radical (unpaired) electrons. The fraction of sp³-hybridized carbons (Fsp3) is 0.276. The van der Waals surface area contributed by atoms with Crippen LogP contribution in [0, 0.1) is 12.8 Å². The molecule has 1 N–H and O–H groups in total. The monoisotopic (exact) mass is 486 g/mol. The van der Waals surface area contributed by atoms with Crippen molar-refractivity contribution in [2.24, 2.45) is 5.92 Å². The van der Waals surface area contributed by atoms with Gasteiger partial charge in [-0.3, -0.25) is 19.5 Å². The van der Waals surface area contributed by atoms with Crippen molar-refractivity contribution in [1.82, 2.24) is 4.98 Å². The minimum absolute atomic E-state index is 0.0113. The molecule has 0 saturated carbocycles. The Bertz CT molecular complexity index is 1280. The average Bonchev–Trinajstić information content (AvgIpc) is 3.14. The zero-order chi connectivity index (χ0) is 25.8. The number of pyridine rings is 1. The van der Waals surface area contributed by atoms with Gasteiger partial charge < -0.3 is 14.6 Å². The topological polar surface area (TPSA) is 89.0 Å². The van der Waals surface area contributed by atoms with Crippen molar-refractivity contribution < 1.29 is 24.2 Å². The molecular formula is C29H30N2O5. The molecule has 4 rings (SSSR count). The highest BCUT2D eigenvalue weighted by atomic mass is 16.5. The Labute approximate surface area is 211 Å². The summed E-state index contributed by atoms with van der Waals surface area (Å²) in [4.78, 5) is 32.4. The number of rotatable bonds is 8. The van der Waals surface area contributed by atoms with Crippen LogP contribution in [0.1, 0.15) is 43.6 Å². The highest BCUT2D eigenvalue weighted by Gasteiger charge is 2.47. The Kier molecular flexibility index (Phi) is 7.38. The highest BCUT2D eigenvalue weighted by Crippen LogP contribution is 2.42. The van der Waals surface area contributed by atoms with Crippen molar-refractivity contribution in [2.75, 3.05) is 18.1 Å². The fourth-order valence-electron chi connectivity index (χ4n) is 4.16. The lowest BCUT2D eigenvalue weighted by atomic mass is 9.97. The number of aromatic nitrogens is 1. The minimum Gasteiger partial charge on any atom is -0.507 e. The number of carbonyl (C=O) groups is 2. The normalized spacial score (nSPS) is 17.0. The molecule has 7 nitrogen and oxygen atoms in total. The maximum Gasteiger partial charge on any atom is 0.300 e.